The van der Waals surface area contributed by atoms with E-state index in [0.717, 1.165) is 16.7 Å². The zero-order valence-electron chi connectivity index (χ0n) is 14.4. The Labute approximate surface area is 151 Å². The molecule has 5 heteroatoms. The Kier molecular flexibility index (Phi) is 4.80. The lowest BCUT2D eigenvalue weighted by Crippen LogP contribution is -1.98. The number of rotatable bonds is 5. The molecule has 0 N–H and O–H groups in total. The van der Waals surface area contributed by atoms with E-state index in [1.807, 2.05) is 43.3 Å². The molecule has 0 aromatic heterocycles. The summed E-state index contributed by atoms with van der Waals surface area (Å²) in [4.78, 5) is 22.2. The first kappa shape index (κ1) is 17.4. The zero-order valence-corrected chi connectivity index (χ0v) is 14.4. The molecule has 130 valence electrons. The molecule has 0 spiro atoms. The standard InChI is InChI=1S/C21H17NO4/c1-14-5-3-4-6-19(14)16-7-10-18(11-8-16)26-21-13-17(15(2)23)9-12-20(21)22(24)25/h3-13H,1-2H3. The van der Waals surface area contributed by atoms with Gasteiger partial charge in [-0.25, -0.2) is 0 Å². The van der Waals surface area contributed by atoms with Crippen molar-refractivity contribution < 1.29 is 14.5 Å². The van der Waals surface area contributed by atoms with Crippen molar-refractivity contribution >= 4 is 11.5 Å². The van der Waals surface area contributed by atoms with Crippen LogP contribution < -0.4 is 4.74 Å². The number of nitro groups is 1. The molecule has 3 aromatic rings. The minimum atomic E-state index is -0.527. The van der Waals surface area contributed by atoms with Gasteiger partial charge >= 0.3 is 5.69 Å². The highest BCUT2D eigenvalue weighted by Crippen LogP contribution is 2.33. The Morgan fingerprint density at radius 2 is 1.69 bits per heavy atom. The topological polar surface area (TPSA) is 69.4 Å². The molecule has 0 aliphatic carbocycles. The van der Waals surface area contributed by atoms with E-state index in [2.05, 4.69) is 0 Å². The van der Waals surface area contributed by atoms with Gasteiger partial charge in [-0.2, -0.15) is 0 Å². The zero-order chi connectivity index (χ0) is 18.7. The summed E-state index contributed by atoms with van der Waals surface area (Å²) in [6, 6.07) is 19.5. The fraction of sp³-hybridized carbons (Fsp3) is 0.0952. The molecule has 0 aliphatic heterocycles. The summed E-state index contributed by atoms with van der Waals surface area (Å²) in [5, 5.41) is 11.2. The lowest BCUT2D eigenvalue weighted by atomic mass is 10.0. The quantitative estimate of drug-likeness (QED) is 0.344. The van der Waals surface area contributed by atoms with Crippen molar-refractivity contribution in [1.82, 2.24) is 0 Å². The van der Waals surface area contributed by atoms with Crippen LogP contribution in [0.1, 0.15) is 22.8 Å². The number of carbonyl (C=O) groups is 1. The third-order valence-corrected chi connectivity index (χ3v) is 4.10. The molecule has 0 saturated carbocycles. The fourth-order valence-electron chi connectivity index (χ4n) is 2.69. The lowest BCUT2D eigenvalue weighted by Gasteiger charge is -2.09. The first-order valence-electron chi connectivity index (χ1n) is 8.09. The molecular weight excluding hydrogens is 330 g/mol. The van der Waals surface area contributed by atoms with Crippen molar-refractivity contribution in [3.05, 3.63) is 88.0 Å². The van der Waals surface area contributed by atoms with Crippen LogP contribution in [0.15, 0.2) is 66.7 Å². The largest absolute Gasteiger partial charge is 0.450 e. The molecule has 0 saturated heterocycles. The third-order valence-electron chi connectivity index (χ3n) is 4.10. The van der Waals surface area contributed by atoms with Crippen LogP contribution in [0, 0.1) is 17.0 Å². The molecule has 0 aliphatic rings. The highest BCUT2D eigenvalue weighted by molar-refractivity contribution is 5.94. The van der Waals surface area contributed by atoms with Gasteiger partial charge in [0, 0.05) is 11.6 Å². The number of benzene rings is 3. The first-order valence-corrected chi connectivity index (χ1v) is 8.09. The van der Waals surface area contributed by atoms with Crippen molar-refractivity contribution in [3.63, 3.8) is 0 Å². The Morgan fingerprint density at radius 1 is 1.00 bits per heavy atom. The molecule has 0 amide bonds. The second kappa shape index (κ2) is 7.19. The van der Waals surface area contributed by atoms with Gasteiger partial charge in [-0.3, -0.25) is 14.9 Å². The molecule has 5 nitrogen and oxygen atoms in total. The van der Waals surface area contributed by atoms with Gasteiger partial charge in [0.2, 0.25) is 5.75 Å². The fourth-order valence-corrected chi connectivity index (χ4v) is 2.69. The Bertz CT molecular complexity index is 978. The molecular formula is C21H17NO4. The highest BCUT2D eigenvalue weighted by Gasteiger charge is 2.17. The summed E-state index contributed by atoms with van der Waals surface area (Å²) in [5.41, 5.74) is 3.48. The van der Waals surface area contributed by atoms with Crippen LogP contribution in [0.4, 0.5) is 5.69 Å². The van der Waals surface area contributed by atoms with Crippen molar-refractivity contribution in [2.45, 2.75) is 13.8 Å². The average molecular weight is 347 g/mol. The summed E-state index contributed by atoms with van der Waals surface area (Å²) in [5.74, 6) is 0.331. The van der Waals surface area contributed by atoms with Gasteiger partial charge in [-0.05, 0) is 54.8 Å². The Hall–Kier alpha value is -3.47. The number of carbonyl (C=O) groups excluding carboxylic acids is 1. The van der Waals surface area contributed by atoms with E-state index in [1.165, 1.54) is 25.1 Å². The number of ketones is 1. The number of nitrogens with zero attached hydrogens (tertiary/aromatic N) is 1. The number of hydrogen-bond donors (Lipinski definition) is 0. The summed E-state index contributed by atoms with van der Waals surface area (Å²) in [6.45, 7) is 3.44. The second-order valence-electron chi connectivity index (χ2n) is 5.94. The van der Waals surface area contributed by atoms with E-state index in [-0.39, 0.29) is 17.2 Å². The van der Waals surface area contributed by atoms with Crippen molar-refractivity contribution in [2.75, 3.05) is 0 Å². The molecule has 0 bridgehead atoms. The molecule has 0 radical (unpaired) electrons. The third kappa shape index (κ3) is 3.62. The molecule has 3 aromatic carbocycles. The second-order valence-corrected chi connectivity index (χ2v) is 5.94. The SMILES string of the molecule is CC(=O)c1ccc([N+](=O)[O-])c(Oc2ccc(-c3ccccc3C)cc2)c1. The predicted molar refractivity (Wildman–Crippen MR) is 99.8 cm³/mol. The van der Waals surface area contributed by atoms with Crippen molar-refractivity contribution in [1.29, 1.82) is 0 Å². The van der Waals surface area contributed by atoms with Crippen LogP contribution in [0.3, 0.4) is 0 Å². The molecule has 0 atom stereocenters. The number of nitro benzene ring substituents is 1. The molecule has 26 heavy (non-hydrogen) atoms. The van der Waals surface area contributed by atoms with Gasteiger partial charge in [0.15, 0.2) is 5.78 Å². The van der Waals surface area contributed by atoms with Crippen LogP contribution in [0.5, 0.6) is 11.5 Å². The minimum absolute atomic E-state index is 0.0475. The maximum absolute atomic E-state index is 11.5. The van der Waals surface area contributed by atoms with Crippen LogP contribution in [-0.2, 0) is 0 Å². The molecule has 0 heterocycles. The van der Waals surface area contributed by atoms with Crippen molar-refractivity contribution in [2.24, 2.45) is 0 Å². The molecule has 3 rings (SSSR count). The van der Waals surface area contributed by atoms with Crippen LogP contribution >= 0.6 is 0 Å². The highest BCUT2D eigenvalue weighted by atomic mass is 16.6. The van der Waals surface area contributed by atoms with Crippen molar-refractivity contribution in [3.8, 4) is 22.6 Å². The first-order chi connectivity index (χ1) is 12.5. The van der Waals surface area contributed by atoms with Gasteiger partial charge in [0.25, 0.3) is 0 Å². The smallest absolute Gasteiger partial charge is 0.311 e. The van der Waals surface area contributed by atoms with Gasteiger partial charge in [0.1, 0.15) is 5.75 Å². The van der Waals surface area contributed by atoms with E-state index in [1.54, 1.807) is 12.1 Å². The summed E-state index contributed by atoms with van der Waals surface area (Å²) in [7, 11) is 0. The maximum atomic E-state index is 11.5. The number of Topliss-reactive ketones (excluding diaryl/α,β-unsaturated/α-hetero) is 1. The lowest BCUT2D eigenvalue weighted by molar-refractivity contribution is -0.385. The van der Waals surface area contributed by atoms with E-state index in [0.29, 0.717) is 11.3 Å². The molecule has 0 fully saturated rings. The number of aryl methyl sites for hydroxylation is 1. The van der Waals surface area contributed by atoms with Crippen LogP contribution in [0.2, 0.25) is 0 Å². The average Bonchev–Trinajstić information content (AvgIpc) is 2.62. The normalized spacial score (nSPS) is 10.4. The Morgan fingerprint density at radius 3 is 2.31 bits per heavy atom. The monoisotopic (exact) mass is 347 g/mol. The summed E-state index contributed by atoms with van der Waals surface area (Å²) in [6.07, 6.45) is 0. The Balaban J connectivity index is 1.92. The van der Waals surface area contributed by atoms with E-state index in [9.17, 15) is 14.9 Å². The van der Waals surface area contributed by atoms with E-state index in [4.69, 9.17) is 4.74 Å². The van der Waals surface area contributed by atoms with Gasteiger partial charge in [-0.1, -0.05) is 36.4 Å². The minimum Gasteiger partial charge on any atom is -0.450 e. The number of ether oxygens (including phenoxy) is 1. The molecule has 0 unspecified atom stereocenters. The maximum Gasteiger partial charge on any atom is 0.311 e. The van der Waals surface area contributed by atoms with Crippen LogP contribution in [0.25, 0.3) is 11.1 Å². The van der Waals surface area contributed by atoms with E-state index < -0.39 is 4.92 Å². The van der Waals surface area contributed by atoms with E-state index >= 15 is 0 Å². The summed E-state index contributed by atoms with van der Waals surface area (Å²) < 4.78 is 5.69. The van der Waals surface area contributed by atoms with Crippen LogP contribution in [-0.4, -0.2) is 10.7 Å². The number of hydrogen-bond acceptors (Lipinski definition) is 4. The van der Waals surface area contributed by atoms with Gasteiger partial charge in [-0.15, -0.1) is 0 Å². The predicted octanol–water partition coefficient (Wildman–Crippen LogP) is 5.57. The summed E-state index contributed by atoms with van der Waals surface area (Å²) >= 11 is 0. The van der Waals surface area contributed by atoms with Gasteiger partial charge in [0.05, 0.1) is 4.92 Å². The van der Waals surface area contributed by atoms with Gasteiger partial charge < -0.3 is 4.74 Å².